The van der Waals surface area contributed by atoms with Crippen molar-refractivity contribution in [1.29, 1.82) is 0 Å². The van der Waals surface area contributed by atoms with Crippen molar-refractivity contribution in [3.63, 3.8) is 0 Å². The molecule has 0 saturated heterocycles. The molecule has 2 heterocycles. The third-order valence-electron chi connectivity index (χ3n) is 10.7. The molecule has 3 aromatic carbocycles. The number of benzene rings is 3. The van der Waals surface area contributed by atoms with Crippen molar-refractivity contribution in [1.82, 2.24) is 40.4 Å². The number of ether oxygens (including phenoxy) is 2. The van der Waals surface area contributed by atoms with E-state index in [2.05, 4.69) is 92.4 Å². The number of nitrogens with one attached hydrogen (secondary N) is 4. The van der Waals surface area contributed by atoms with Crippen LogP contribution >= 0.6 is 0 Å². The number of methoxy groups -OCH3 is 2. The Balaban J connectivity index is 1.13. The van der Waals surface area contributed by atoms with Gasteiger partial charge in [-0.25, -0.2) is 19.6 Å². The summed E-state index contributed by atoms with van der Waals surface area (Å²) in [6, 6.07) is 18.9. The molecule has 14 nitrogen and oxygen atoms in total. The molecule has 0 spiro atoms. The molecular weight excluding hydrogens is 737 g/mol. The van der Waals surface area contributed by atoms with Gasteiger partial charge in [0.25, 0.3) is 0 Å². The molecule has 1 aliphatic carbocycles. The molecule has 1 saturated carbocycles. The fourth-order valence-electron chi connectivity index (χ4n) is 6.92. The zero-order valence-corrected chi connectivity index (χ0v) is 33.9. The van der Waals surface area contributed by atoms with Gasteiger partial charge in [-0.3, -0.25) is 9.59 Å². The lowest BCUT2D eigenvalue weighted by molar-refractivity contribution is -0.136. The van der Waals surface area contributed by atoms with Crippen molar-refractivity contribution in [2.45, 2.75) is 71.6 Å². The SMILES string of the molecule is C=C[C@H](NC(=O)OC)C(=O)N(CCC)Cc1ncc(-c2ccc(-c3ccc4cc(-c5cnc([C@H](C)N(CC6(C)CC6)C(=O)[C@H](C)NC(=O)OC)[nH]5)ccc4c3)cc2)[nH]1. The van der Waals surface area contributed by atoms with Crippen LogP contribution in [-0.4, -0.2) is 93.1 Å². The Hall–Kier alpha value is -6.44. The van der Waals surface area contributed by atoms with Gasteiger partial charge in [-0.15, -0.1) is 6.58 Å². The maximum absolute atomic E-state index is 13.6. The first-order valence-electron chi connectivity index (χ1n) is 19.5. The van der Waals surface area contributed by atoms with Gasteiger partial charge in [-0.2, -0.15) is 0 Å². The molecule has 14 heteroatoms. The topological polar surface area (TPSA) is 175 Å². The number of hydrogen-bond donors (Lipinski definition) is 4. The van der Waals surface area contributed by atoms with Crippen molar-refractivity contribution in [2.75, 3.05) is 27.3 Å². The number of aromatic nitrogens is 4. The number of carbonyl (C=O) groups excluding carboxylic acids is 4. The molecule has 6 rings (SSSR count). The molecule has 0 radical (unpaired) electrons. The second-order valence-electron chi connectivity index (χ2n) is 15.2. The minimum atomic E-state index is -0.914. The molecule has 5 aromatic rings. The maximum atomic E-state index is 13.6. The fourth-order valence-corrected chi connectivity index (χ4v) is 6.92. The van der Waals surface area contributed by atoms with Gasteiger partial charge in [-0.05, 0) is 78.1 Å². The average Bonchev–Trinajstić information content (AvgIpc) is 3.56. The maximum Gasteiger partial charge on any atom is 0.407 e. The highest BCUT2D eigenvalue weighted by atomic mass is 16.5. The third-order valence-corrected chi connectivity index (χ3v) is 10.7. The number of carbonyl (C=O) groups is 4. The molecule has 3 atom stereocenters. The molecule has 0 unspecified atom stereocenters. The van der Waals surface area contributed by atoms with Crippen LogP contribution in [0.15, 0.2) is 85.7 Å². The third kappa shape index (κ3) is 9.56. The van der Waals surface area contributed by atoms with Crippen molar-refractivity contribution >= 4 is 34.8 Å². The van der Waals surface area contributed by atoms with Crippen LogP contribution < -0.4 is 10.6 Å². The van der Waals surface area contributed by atoms with E-state index in [1.54, 1.807) is 29.1 Å². The van der Waals surface area contributed by atoms with Gasteiger partial charge in [0.05, 0.1) is 50.6 Å². The van der Waals surface area contributed by atoms with E-state index in [9.17, 15) is 19.2 Å². The van der Waals surface area contributed by atoms with Crippen molar-refractivity contribution in [2.24, 2.45) is 5.41 Å². The monoisotopic (exact) mass is 788 g/mol. The minimum Gasteiger partial charge on any atom is -0.453 e. The second-order valence-corrected chi connectivity index (χ2v) is 15.2. The van der Waals surface area contributed by atoms with Crippen LogP contribution in [0.25, 0.3) is 44.4 Å². The van der Waals surface area contributed by atoms with Crippen LogP contribution in [0.3, 0.4) is 0 Å². The number of aromatic amines is 2. The van der Waals surface area contributed by atoms with Crippen molar-refractivity contribution in [3.05, 3.63) is 97.4 Å². The van der Waals surface area contributed by atoms with Crippen LogP contribution in [0.2, 0.25) is 0 Å². The summed E-state index contributed by atoms with van der Waals surface area (Å²) >= 11 is 0. The lowest BCUT2D eigenvalue weighted by atomic mass is 9.98. The minimum absolute atomic E-state index is 0.0539. The summed E-state index contributed by atoms with van der Waals surface area (Å²) in [4.78, 5) is 69.8. The van der Waals surface area contributed by atoms with Crippen LogP contribution in [0, 0.1) is 5.41 Å². The average molecular weight is 789 g/mol. The summed E-state index contributed by atoms with van der Waals surface area (Å²) in [5.41, 5.74) is 5.78. The Morgan fingerprint density at radius 3 is 2.05 bits per heavy atom. The molecule has 0 bridgehead atoms. The predicted molar refractivity (Wildman–Crippen MR) is 222 cm³/mol. The Kier molecular flexibility index (Phi) is 12.6. The van der Waals surface area contributed by atoms with Crippen LogP contribution in [0.1, 0.15) is 64.6 Å². The predicted octanol–water partition coefficient (Wildman–Crippen LogP) is 7.37. The van der Waals surface area contributed by atoms with Gasteiger partial charge < -0.3 is 39.9 Å². The number of rotatable bonds is 16. The Morgan fingerprint density at radius 2 is 1.41 bits per heavy atom. The van der Waals surface area contributed by atoms with Gasteiger partial charge in [0, 0.05) is 18.7 Å². The van der Waals surface area contributed by atoms with E-state index in [-0.39, 0.29) is 29.8 Å². The first kappa shape index (κ1) is 41.2. The molecule has 0 aliphatic heterocycles. The van der Waals surface area contributed by atoms with Gasteiger partial charge >= 0.3 is 12.2 Å². The summed E-state index contributed by atoms with van der Waals surface area (Å²) in [6.45, 7) is 12.8. The quantitative estimate of drug-likeness (QED) is 0.0750. The number of nitrogens with zero attached hydrogens (tertiary/aromatic N) is 4. The van der Waals surface area contributed by atoms with Crippen molar-refractivity contribution in [3.8, 4) is 33.6 Å². The van der Waals surface area contributed by atoms with E-state index in [0.29, 0.717) is 24.7 Å². The fraction of sp³-hybridized carbons (Fsp3) is 0.364. The number of amides is 4. The zero-order chi connectivity index (χ0) is 41.6. The molecule has 1 fully saturated rings. The number of H-pyrrole nitrogens is 2. The second kappa shape index (κ2) is 17.8. The smallest absolute Gasteiger partial charge is 0.407 e. The van der Waals surface area contributed by atoms with E-state index in [1.807, 2.05) is 26.0 Å². The Morgan fingerprint density at radius 1 is 0.828 bits per heavy atom. The van der Waals surface area contributed by atoms with E-state index in [4.69, 9.17) is 9.72 Å². The number of fused-ring (bicyclic) bond motifs is 1. The molecule has 4 amide bonds. The van der Waals surface area contributed by atoms with Crippen LogP contribution in [0.5, 0.6) is 0 Å². The molecule has 4 N–H and O–H groups in total. The van der Waals surface area contributed by atoms with Crippen LogP contribution in [0.4, 0.5) is 9.59 Å². The van der Waals surface area contributed by atoms with Crippen LogP contribution in [-0.2, 0) is 25.6 Å². The van der Waals surface area contributed by atoms with E-state index in [1.165, 1.54) is 20.3 Å². The van der Waals surface area contributed by atoms with E-state index in [0.717, 1.165) is 63.7 Å². The highest BCUT2D eigenvalue weighted by Crippen LogP contribution is 2.46. The summed E-state index contributed by atoms with van der Waals surface area (Å²) in [5, 5.41) is 7.27. The molecule has 2 aromatic heterocycles. The molecular formula is C44H52N8O6. The number of hydrogen-bond acceptors (Lipinski definition) is 8. The summed E-state index contributed by atoms with van der Waals surface area (Å²) in [6.07, 6.45) is 6.41. The summed E-state index contributed by atoms with van der Waals surface area (Å²) < 4.78 is 9.37. The molecule has 58 heavy (non-hydrogen) atoms. The van der Waals surface area contributed by atoms with E-state index < -0.39 is 24.3 Å². The Bertz CT molecular complexity index is 2280. The normalized spacial score (nSPS) is 14.4. The van der Waals surface area contributed by atoms with Crippen molar-refractivity contribution < 1.29 is 28.7 Å². The highest BCUT2D eigenvalue weighted by Gasteiger charge is 2.42. The Labute approximate surface area is 338 Å². The van der Waals surface area contributed by atoms with Gasteiger partial charge in [-0.1, -0.05) is 68.5 Å². The van der Waals surface area contributed by atoms with Gasteiger partial charge in [0.15, 0.2) is 0 Å². The summed E-state index contributed by atoms with van der Waals surface area (Å²) in [7, 11) is 2.52. The van der Waals surface area contributed by atoms with E-state index >= 15 is 0 Å². The largest absolute Gasteiger partial charge is 0.453 e. The van der Waals surface area contributed by atoms with Gasteiger partial charge in [0.1, 0.15) is 23.7 Å². The lowest BCUT2D eigenvalue weighted by Gasteiger charge is -2.33. The lowest BCUT2D eigenvalue weighted by Crippen LogP contribution is -2.49. The number of alkyl carbamates (subject to hydrolysis) is 2. The standard InChI is InChI=1S/C44H52N8O6/c1-8-20-51(41(54)35(9-2)50-43(56)58-7)25-38-45-23-36(48-38)30-12-10-29(11-13-30)31-14-15-33-22-34(17-16-32(33)21-31)37-24-46-39(49-37)28(4)52(26-44(5)18-19-44)40(53)27(3)47-42(55)57-6/h9-17,21-24,27-28,35H,2,8,18-20,25-26H2,1,3-7H3,(H,45,48)(H,46,49)(H,47,55)(H,50,56)/t27-,28-,35-/m0/s1. The molecule has 304 valence electrons. The molecule has 1 aliphatic rings. The number of imidazole rings is 2. The summed E-state index contributed by atoms with van der Waals surface area (Å²) in [5.74, 6) is 0.805. The first-order chi connectivity index (χ1) is 27.8. The zero-order valence-electron chi connectivity index (χ0n) is 33.9. The first-order valence-corrected chi connectivity index (χ1v) is 19.5. The van der Waals surface area contributed by atoms with Gasteiger partial charge in [0.2, 0.25) is 11.8 Å². The highest BCUT2D eigenvalue weighted by molar-refractivity contribution is 5.91.